The molecule has 3 aliphatic rings. The molecule has 0 saturated carbocycles. The molecule has 1 N–H and O–H groups in total. The number of carbonyl (C=O) groups is 1. The summed E-state index contributed by atoms with van der Waals surface area (Å²) >= 11 is 0. The molecule has 0 aromatic heterocycles. The fourth-order valence-corrected chi connectivity index (χ4v) is 6.98. The summed E-state index contributed by atoms with van der Waals surface area (Å²) in [6.07, 6.45) is 3.24. The van der Waals surface area contributed by atoms with Gasteiger partial charge >= 0.3 is 6.09 Å². The number of aliphatic hydroxyl groups is 1. The van der Waals surface area contributed by atoms with Gasteiger partial charge in [0.15, 0.2) is 0 Å². The molecule has 182 valence electrons. The monoisotopic (exact) mass is 478 g/mol. The van der Waals surface area contributed by atoms with E-state index in [0.717, 1.165) is 30.4 Å². The molecule has 1 aliphatic carbocycles. The van der Waals surface area contributed by atoms with Crippen molar-refractivity contribution in [1.29, 1.82) is 5.26 Å². The van der Waals surface area contributed by atoms with E-state index in [9.17, 15) is 15.2 Å². The molecule has 36 heavy (non-hydrogen) atoms. The van der Waals surface area contributed by atoms with E-state index < -0.39 is 5.60 Å². The van der Waals surface area contributed by atoms with Crippen molar-refractivity contribution in [2.45, 2.75) is 62.6 Å². The highest BCUT2D eigenvalue weighted by atomic mass is 16.6. The van der Waals surface area contributed by atoms with Crippen LogP contribution in [0.15, 0.2) is 66.7 Å². The van der Waals surface area contributed by atoms with Crippen molar-refractivity contribution in [2.75, 3.05) is 6.61 Å². The number of ether oxygens (including phenoxy) is 1. The Kier molecular flexibility index (Phi) is 5.58. The van der Waals surface area contributed by atoms with Crippen molar-refractivity contribution in [3.63, 3.8) is 0 Å². The third-order valence-electron chi connectivity index (χ3n) is 8.41. The van der Waals surface area contributed by atoms with Gasteiger partial charge in [0.1, 0.15) is 6.61 Å². The number of hydrogen-bond acceptors (Lipinski definition) is 4. The van der Waals surface area contributed by atoms with Gasteiger partial charge in [-0.05, 0) is 60.1 Å². The first-order valence-corrected chi connectivity index (χ1v) is 12.9. The number of aryl methyl sites for hydroxylation is 1. The molecule has 2 atom stereocenters. The summed E-state index contributed by atoms with van der Waals surface area (Å²) in [5.74, 6) is 0.0214. The van der Waals surface area contributed by atoms with Crippen LogP contribution in [-0.4, -0.2) is 34.8 Å². The van der Waals surface area contributed by atoms with Crippen LogP contribution in [0.2, 0.25) is 0 Å². The van der Waals surface area contributed by atoms with Gasteiger partial charge < -0.3 is 14.7 Å². The maximum atomic E-state index is 13.5. The highest BCUT2D eigenvalue weighted by Crippen LogP contribution is 2.47. The summed E-state index contributed by atoms with van der Waals surface area (Å²) in [5, 5.41) is 21.5. The van der Waals surface area contributed by atoms with E-state index in [1.54, 1.807) is 6.07 Å². The number of rotatable bonds is 3. The molecule has 2 bridgehead atoms. The average Bonchev–Trinajstić information content (AvgIpc) is 3.20. The van der Waals surface area contributed by atoms with Crippen LogP contribution in [0.3, 0.4) is 0 Å². The van der Waals surface area contributed by atoms with E-state index in [4.69, 9.17) is 4.74 Å². The van der Waals surface area contributed by atoms with Crippen molar-refractivity contribution in [1.82, 2.24) is 4.90 Å². The molecule has 2 fully saturated rings. The number of nitriles is 1. The van der Waals surface area contributed by atoms with E-state index in [1.165, 1.54) is 22.3 Å². The molecule has 0 radical (unpaired) electrons. The van der Waals surface area contributed by atoms with E-state index in [1.807, 2.05) is 48.2 Å². The van der Waals surface area contributed by atoms with Gasteiger partial charge in [-0.15, -0.1) is 0 Å². The predicted octanol–water partition coefficient (Wildman–Crippen LogP) is 6.02. The largest absolute Gasteiger partial charge is 0.448 e. The van der Waals surface area contributed by atoms with Crippen molar-refractivity contribution < 1.29 is 14.6 Å². The van der Waals surface area contributed by atoms with Gasteiger partial charge in [-0.3, -0.25) is 0 Å². The SMILES string of the molecule is Cc1cccc(C#N)c1C1(O)CC2CCCC(C1)N2C(=O)OCC1c2ccccc2-c2ccccc21. The molecule has 5 heteroatoms. The number of carbonyl (C=O) groups excluding carboxylic acids is 1. The van der Waals surface area contributed by atoms with Crippen LogP contribution in [0, 0.1) is 18.3 Å². The molecule has 2 saturated heterocycles. The fourth-order valence-electron chi connectivity index (χ4n) is 6.98. The van der Waals surface area contributed by atoms with Gasteiger partial charge in [0.25, 0.3) is 0 Å². The third kappa shape index (κ3) is 3.60. The number of hydrogen-bond donors (Lipinski definition) is 1. The normalized spacial score (nSPS) is 24.5. The second-order valence-electron chi connectivity index (χ2n) is 10.5. The van der Waals surface area contributed by atoms with Gasteiger partial charge in [0, 0.05) is 36.4 Å². The summed E-state index contributed by atoms with van der Waals surface area (Å²) in [5.41, 5.74) is 5.85. The molecule has 2 heterocycles. The number of piperidine rings is 2. The predicted molar refractivity (Wildman–Crippen MR) is 137 cm³/mol. The van der Waals surface area contributed by atoms with Gasteiger partial charge in [0.2, 0.25) is 0 Å². The van der Waals surface area contributed by atoms with Gasteiger partial charge in [-0.25, -0.2) is 4.79 Å². The number of benzene rings is 3. The molecule has 6 rings (SSSR count). The lowest BCUT2D eigenvalue weighted by Crippen LogP contribution is -2.59. The van der Waals surface area contributed by atoms with E-state index in [2.05, 4.69) is 30.3 Å². The molecule has 5 nitrogen and oxygen atoms in total. The zero-order valence-corrected chi connectivity index (χ0v) is 20.5. The fraction of sp³-hybridized carbons (Fsp3) is 0.355. The minimum absolute atomic E-state index is 0.0214. The molecular formula is C31H30N2O3. The van der Waals surface area contributed by atoms with Crippen molar-refractivity contribution >= 4 is 6.09 Å². The second kappa shape index (κ2) is 8.80. The summed E-state index contributed by atoms with van der Waals surface area (Å²) in [4.78, 5) is 15.4. The van der Waals surface area contributed by atoms with Crippen LogP contribution in [-0.2, 0) is 10.3 Å². The van der Waals surface area contributed by atoms with Crippen LogP contribution < -0.4 is 0 Å². The molecule has 1 amide bonds. The first kappa shape index (κ1) is 22.8. The van der Waals surface area contributed by atoms with Gasteiger partial charge in [-0.1, -0.05) is 60.7 Å². The summed E-state index contributed by atoms with van der Waals surface area (Å²) in [6, 6.07) is 24.3. The summed E-state index contributed by atoms with van der Waals surface area (Å²) < 4.78 is 6.01. The lowest BCUT2D eigenvalue weighted by atomic mass is 9.70. The Morgan fingerprint density at radius 2 is 1.61 bits per heavy atom. The third-order valence-corrected chi connectivity index (χ3v) is 8.41. The van der Waals surface area contributed by atoms with Gasteiger partial charge in [0.05, 0.1) is 17.2 Å². The number of amides is 1. The van der Waals surface area contributed by atoms with E-state index >= 15 is 0 Å². The van der Waals surface area contributed by atoms with Crippen LogP contribution in [0.1, 0.15) is 65.8 Å². The Balaban J connectivity index is 1.23. The highest BCUT2D eigenvalue weighted by molar-refractivity contribution is 5.79. The van der Waals surface area contributed by atoms with Crippen LogP contribution >= 0.6 is 0 Å². The topological polar surface area (TPSA) is 73.6 Å². The first-order valence-electron chi connectivity index (χ1n) is 12.9. The molecule has 0 spiro atoms. The van der Waals surface area contributed by atoms with Crippen molar-refractivity contribution in [3.05, 3.63) is 94.5 Å². The molecular weight excluding hydrogens is 448 g/mol. The Morgan fingerprint density at radius 1 is 1.00 bits per heavy atom. The lowest BCUT2D eigenvalue weighted by Gasteiger charge is -2.51. The first-order chi connectivity index (χ1) is 17.5. The van der Waals surface area contributed by atoms with Crippen molar-refractivity contribution in [3.8, 4) is 17.2 Å². The minimum Gasteiger partial charge on any atom is -0.448 e. The smallest absolute Gasteiger partial charge is 0.410 e. The zero-order chi connectivity index (χ0) is 24.9. The second-order valence-corrected chi connectivity index (χ2v) is 10.5. The zero-order valence-electron chi connectivity index (χ0n) is 20.5. The molecule has 3 aromatic rings. The maximum Gasteiger partial charge on any atom is 0.410 e. The van der Waals surface area contributed by atoms with Crippen LogP contribution in [0.5, 0.6) is 0 Å². The standard InChI is InChI=1S/C31H30N2O3/c1-20-8-6-9-21(18-32)29(20)31(35)16-22-10-7-11-23(17-31)33(22)30(34)36-19-28-26-14-4-2-12-24(26)25-13-3-5-15-27(25)28/h2-6,8-9,12-15,22-23,28,35H,7,10-11,16-17,19H2,1H3. The van der Waals surface area contributed by atoms with Gasteiger partial charge in [-0.2, -0.15) is 5.26 Å². The van der Waals surface area contributed by atoms with E-state index in [-0.39, 0.29) is 24.1 Å². The Hall–Kier alpha value is -3.62. The number of nitrogens with zero attached hydrogens (tertiary/aromatic N) is 2. The molecule has 2 unspecified atom stereocenters. The minimum atomic E-state index is -1.12. The van der Waals surface area contributed by atoms with Crippen LogP contribution in [0.25, 0.3) is 11.1 Å². The Morgan fingerprint density at radius 3 is 2.22 bits per heavy atom. The van der Waals surface area contributed by atoms with Crippen LogP contribution in [0.4, 0.5) is 4.79 Å². The lowest BCUT2D eigenvalue weighted by molar-refractivity contribution is -0.0894. The molecule has 2 aliphatic heterocycles. The van der Waals surface area contributed by atoms with E-state index in [0.29, 0.717) is 25.0 Å². The van der Waals surface area contributed by atoms with Crippen molar-refractivity contribution in [2.24, 2.45) is 0 Å². The average molecular weight is 479 g/mol. The maximum absolute atomic E-state index is 13.5. The number of fused-ring (bicyclic) bond motifs is 5. The molecule has 3 aromatic carbocycles. The quantitative estimate of drug-likeness (QED) is 0.500. The summed E-state index contributed by atoms with van der Waals surface area (Å²) in [7, 11) is 0. The summed E-state index contributed by atoms with van der Waals surface area (Å²) in [6.45, 7) is 2.24. The Bertz CT molecular complexity index is 1310. The Labute approximate surface area is 211 Å². The highest BCUT2D eigenvalue weighted by Gasteiger charge is 2.50.